The highest BCUT2D eigenvalue weighted by Crippen LogP contribution is 2.24. The molecule has 1 aliphatic heterocycles. The van der Waals surface area contributed by atoms with Gasteiger partial charge in [0.2, 0.25) is 5.91 Å². The van der Waals surface area contributed by atoms with Gasteiger partial charge < -0.3 is 19.7 Å². The first-order chi connectivity index (χ1) is 12.2. The van der Waals surface area contributed by atoms with E-state index in [-0.39, 0.29) is 18.0 Å². The summed E-state index contributed by atoms with van der Waals surface area (Å²) >= 11 is 0. The number of carbonyl (C=O) groups is 1. The van der Waals surface area contributed by atoms with Gasteiger partial charge in [-0.2, -0.15) is 0 Å². The molecular formula is C19H21FN2O3. The van der Waals surface area contributed by atoms with Crippen molar-refractivity contribution in [3.05, 3.63) is 53.8 Å². The van der Waals surface area contributed by atoms with Crippen molar-refractivity contribution < 1.29 is 18.7 Å². The second kappa shape index (κ2) is 7.98. The summed E-state index contributed by atoms with van der Waals surface area (Å²) in [5.74, 6) is 0.0247. The van der Waals surface area contributed by atoms with Crippen LogP contribution in [-0.4, -0.2) is 39.3 Å². The number of amides is 1. The second-order valence-corrected chi connectivity index (χ2v) is 5.84. The summed E-state index contributed by atoms with van der Waals surface area (Å²) in [6, 6.07) is 12.0. The van der Waals surface area contributed by atoms with Gasteiger partial charge in [0.05, 0.1) is 32.4 Å². The van der Waals surface area contributed by atoms with Crippen molar-refractivity contribution in [2.75, 3.05) is 43.6 Å². The van der Waals surface area contributed by atoms with Crippen LogP contribution in [0.3, 0.4) is 0 Å². The van der Waals surface area contributed by atoms with Crippen LogP contribution in [0.5, 0.6) is 5.75 Å². The minimum atomic E-state index is -0.444. The molecule has 132 valence electrons. The summed E-state index contributed by atoms with van der Waals surface area (Å²) in [7, 11) is 1.59. The van der Waals surface area contributed by atoms with E-state index in [4.69, 9.17) is 9.47 Å². The molecule has 0 aromatic heterocycles. The quantitative estimate of drug-likeness (QED) is 0.906. The fraction of sp³-hybridized carbons (Fsp3) is 0.316. The normalized spacial score (nSPS) is 14.2. The molecule has 0 spiro atoms. The Morgan fingerprint density at radius 1 is 1.20 bits per heavy atom. The molecule has 6 heteroatoms. The monoisotopic (exact) mass is 344 g/mol. The Bertz CT molecular complexity index is 728. The molecule has 0 saturated carbocycles. The van der Waals surface area contributed by atoms with Crippen LogP contribution in [0.25, 0.3) is 0 Å². The third-order valence-electron chi connectivity index (χ3n) is 4.12. The number of hydrogen-bond donors (Lipinski definition) is 1. The molecule has 25 heavy (non-hydrogen) atoms. The molecule has 1 fully saturated rings. The standard InChI is InChI=1S/C19H21FN2O3/c1-24-16-5-2-14(3-6-16)12-19(23)21-18-13-15(4-7-17(18)20)22-8-10-25-11-9-22/h2-7,13H,8-12H2,1H3,(H,21,23). The number of morpholine rings is 1. The van der Waals surface area contributed by atoms with Crippen LogP contribution in [0.15, 0.2) is 42.5 Å². The Labute approximate surface area is 146 Å². The zero-order valence-corrected chi connectivity index (χ0v) is 14.1. The van der Waals surface area contributed by atoms with Gasteiger partial charge in [0.1, 0.15) is 11.6 Å². The van der Waals surface area contributed by atoms with Crippen LogP contribution in [0.2, 0.25) is 0 Å². The lowest BCUT2D eigenvalue weighted by Crippen LogP contribution is -2.36. The van der Waals surface area contributed by atoms with Crippen molar-refractivity contribution in [1.29, 1.82) is 0 Å². The summed E-state index contributed by atoms with van der Waals surface area (Å²) in [6.07, 6.45) is 0.172. The van der Waals surface area contributed by atoms with E-state index in [9.17, 15) is 9.18 Å². The molecule has 1 N–H and O–H groups in total. The van der Waals surface area contributed by atoms with Crippen molar-refractivity contribution in [2.24, 2.45) is 0 Å². The minimum Gasteiger partial charge on any atom is -0.497 e. The van der Waals surface area contributed by atoms with Crippen molar-refractivity contribution in [3.8, 4) is 5.75 Å². The number of nitrogens with zero attached hydrogens (tertiary/aromatic N) is 1. The molecule has 1 amide bonds. The predicted molar refractivity (Wildman–Crippen MR) is 94.8 cm³/mol. The molecule has 2 aromatic carbocycles. The smallest absolute Gasteiger partial charge is 0.228 e. The molecule has 3 rings (SSSR count). The van der Waals surface area contributed by atoms with Crippen molar-refractivity contribution in [3.63, 3.8) is 0 Å². The molecule has 2 aromatic rings. The fourth-order valence-electron chi connectivity index (χ4n) is 2.75. The zero-order valence-electron chi connectivity index (χ0n) is 14.1. The number of ether oxygens (including phenoxy) is 2. The third kappa shape index (κ3) is 4.48. The molecule has 5 nitrogen and oxygen atoms in total. The Morgan fingerprint density at radius 2 is 1.92 bits per heavy atom. The zero-order chi connectivity index (χ0) is 17.6. The van der Waals surface area contributed by atoms with E-state index in [0.29, 0.717) is 13.2 Å². The number of anilines is 2. The summed E-state index contributed by atoms with van der Waals surface area (Å²) in [4.78, 5) is 14.3. The second-order valence-electron chi connectivity index (χ2n) is 5.84. The van der Waals surface area contributed by atoms with Gasteiger partial charge in [0.15, 0.2) is 0 Å². The largest absolute Gasteiger partial charge is 0.497 e. The lowest BCUT2D eigenvalue weighted by atomic mass is 10.1. The number of carbonyl (C=O) groups excluding carboxylic acids is 1. The highest BCUT2D eigenvalue weighted by atomic mass is 19.1. The van der Waals surface area contributed by atoms with Gasteiger partial charge in [0, 0.05) is 18.8 Å². The minimum absolute atomic E-state index is 0.172. The van der Waals surface area contributed by atoms with Crippen LogP contribution in [0, 0.1) is 5.82 Å². The van der Waals surface area contributed by atoms with Gasteiger partial charge in [-0.15, -0.1) is 0 Å². The van der Waals surface area contributed by atoms with Crippen molar-refractivity contribution in [2.45, 2.75) is 6.42 Å². The van der Waals surface area contributed by atoms with Gasteiger partial charge >= 0.3 is 0 Å². The maximum Gasteiger partial charge on any atom is 0.228 e. The fourth-order valence-corrected chi connectivity index (χ4v) is 2.75. The first-order valence-electron chi connectivity index (χ1n) is 8.21. The van der Waals surface area contributed by atoms with Crippen molar-refractivity contribution in [1.82, 2.24) is 0 Å². The first-order valence-corrected chi connectivity index (χ1v) is 8.21. The topological polar surface area (TPSA) is 50.8 Å². The number of rotatable bonds is 5. The Morgan fingerprint density at radius 3 is 2.60 bits per heavy atom. The van der Waals surface area contributed by atoms with E-state index in [2.05, 4.69) is 10.2 Å². The van der Waals surface area contributed by atoms with Gasteiger partial charge in [-0.25, -0.2) is 4.39 Å². The van der Waals surface area contributed by atoms with E-state index in [0.717, 1.165) is 30.1 Å². The summed E-state index contributed by atoms with van der Waals surface area (Å²) in [6.45, 7) is 2.81. The lowest BCUT2D eigenvalue weighted by molar-refractivity contribution is -0.115. The van der Waals surface area contributed by atoms with Crippen LogP contribution in [0.1, 0.15) is 5.56 Å². The van der Waals surface area contributed by atoms with Crippen LogP contribution in [-0.2, 0) is 16.0 Å². The predicted octanol–water partition coefficient (Wildman–Crippen LogP) is 2.85. The molecule has 0 atom stereocenters. The number of nitrogens with one attached hydrogen (secondary N) is 1. The molecule has 1 saturated heterocycles. The molecule has 0 bridgehead atoms. The highest BCUT2D eigenvalue weighted by Gasteiger charge is 2.14. The maximum atomic E-state index is 14.1. The van der Waals surface area contributed by atoms with E-state index in [1.54, 1.807) is 31.4 Å². The van der Waals surface area contributed by atoms with Gasteiger partial charge in [-0.05, 0) is 35.9 Å². The Kier molecular flexibility index (Phi) is 5.50. The van der Waals surface area contributed by atoms with E-state index < -0.39 is 5.82 Å². The molecule has 0 radical (unpaired) electrons. The number of benzene rings is 2. The summed E-state index contributed by atoms with van der Waals surface area (Å²) in [5, 5.41) is 2.66. The van der Waals surface area contributed by atoms with Crippen molar-refractivity contribution >= 4 is 17.3 Å². The molecule has 1 aliphatic rings. The SMILES string of the molecule is COc1ccc(CC(=O)Nc2cc(N3CCOCC3)ccc2F)cc1. The molecule has 0 aliphatic carbocycles. The van der Waals surface area contributed by atoms with Gasteiger partial charge in [0.25, 0.3) is 0 Å². The van der Waals surface area contributed by atoms with Crippen LogP contribution >= 0.6 is 0 Å². The third-order valence-corrected chi connectivity index (χ3v) is 4.12. The van der Waals surface area contributed by atoms with E-state index >= 15 is 0 Å². The maximum absolute atomic E-state index is 14.1. The van der Waals surface area contributed by atoms with Gasteiger partial charge in [-0.3, -0.25) is 4.79 Å². The van der Waals surface area contributed by atoms with Gasteiger partial charge in [-0.1, -0.05) is 12.1 Å². The average molecular weight is 344 g/mol. The molecule has 0 unspecified atom stereocenters. The Hall–Kier alpha value is -2.60. The Balaban J connectivity index is 1.67. The highest BCUT2D eigenvalue weighted by molar-refractivity contribution is 5.92. The number of halogens is 1. The van der Waals surface area contributed by atoms with Crippen LogP contribution in [0.4, 0.5) is 15.8 Å². The molecule has 1 heterocycles. The summed E-state index contributed by atoms with van der Waals surface area (Å²) in [5.41, 5.74) is 1.91. The van der Waals surface area contributed by atoms with E-state index in [1.165, 1.54) is 6.07 Å². The summed E-state index contributed by atoms with van der Waals surface area (Å²) < 4.78 is 24.5. The lowest BCUT2D eigenvalue weighted by Gasteiger charge is -2.29. The van der Waals surface area contributed by atoms with E-state index in [1.807, 2.05) is 12.1 Å². The molecular weight excluding hydrogens is 323 g/mol. The number of hydrogen-bond acceptors (Lipinski definition) is 4. The average Bonchev–Trinajstić information content (AvgIpc) is 2.65. The van der Waals surface area contributed by atoms with Crippen LogP contribution < -0.4 is 15.0 Å². The number of methoxy groups -OCH3 is 1. The first kappa shape index (κ1) is 17.2.